The van der Waals surface area contributed by atoms with E-state index in [9.17, 15) is 17.6 Å². The fourth-order valence-electron chi connectivity index (χ4n) is 0.795. The van der Waals surface area contributed by atoms with E-state index in [1.54, 1.807) is 6.92 Å². The summed E-state index contributed by atoms with van der Waals surface area (Å²) in [5, 5.41) is 11.2. The van der Waals surface area contributed by atoms with Crippen molar-refractivity contribution in [3.63, 3.8) is 0 Å². The smallest absolute Gasteiger partial charge is 0.319 e. The topological polar surface area (TPSA) is 41.5 Å². The van der Waals surface area contributed by atoms with Crippen molar-refractivity contribution in [1.29, 1.82) is 0 Å². The van der Waals surface area contributed by atoms with Crippen molar-refractivity contribution in [2.24, 2.45) is 0 Å². The lowest BCUT2D eigenvalue weighted by atomic mass is 10.3. The Morgan fingerprint density at radius 3 is 2.47 bits per heavy atom. The highest BCUT2D eigenvalue weighted by molar-refractivity contribution is 4.73. The van der Waals surface area contributed by atoms with Gasteiger partial charge in [0, 0.05) is 13.2 Å². The second-order valence-corrected chi connectivity index (χ2v) is 3.01. The van der Waals surface area contributed by atoms with Crippen molar-refractivity contribution in [3.8, 4) is 0 Å². The summed E-state index contributed by atoms with van der Waals surface area (Å²) in [6.07, 6.45) is -4.67. The molecule has 2 N–H and O–H groups in total. The van der Waals surface area contributed by atoms with E-state index in [0.717, 1.165) is 0 Å². The Balaban J connectivity index is 3.60. The first-order valence-electron chi connectivity index (χ1n) is 4.52. The second kappa shape index (κ2) is 6.97. The second-order valence-electron chi connectivity index (χ2n) is 3.01. The number of aliphatic hydroxyl groups is 1. The zero-order valence-electron chi connectivity index (χ0n) is 8.35. The summed E-state index contributed by atoms with van der Waals surface area (Å²) in [5.41, 5.74) is 0. The summed E-state index contributed by atoms with van der Waals surface area (Å²) in [4.78, 5) is 0. The molecule has 0 rings (SSSR count). The van der Waals surface area contributed by atoms with Crippen LogP contribution in [-0.4, -0.2) is 49.9 Å². The molecular formula is C8H15F4NO2. The molecular weight excluding hydrogens is 218 g/mol. The Kier molecular flexibility index (Phi) is 6.78. The van der Waals surface area contributed by atoms with Gasteiger partial charge in [0.25, 0.3) is 0 Å². The third-order valence-electron chi connectivity index (χ3n) is 1.57. The van der Waals surface area contributed by atoms with E-state index in [-0.39, 0.29) is 13.2 Å². The van der Waals surface area contributed by atoms with Crippen molar-refractivity contribution in [2.45, 2.75) is 25.4 Å². The molecule has 7 heteroatoms. The SMILES string of the molecule is CCOCC(O)CNCC(F)(F)C(F)F. The van der Waals surface area contributed by atoms with Crippen LogP contribution in [0.5, 0.6) is 0 Å². The monoisotopic (exact) mass is 233 g/mol. The van der Waals surface area contributed by atoms with Gasteiger partial charge in [-0.3, -0.25) is 0 Å². The minimum absolute atomic E-state index is 0.0102. The Labute approximate surface area is 85.4 Å². The van der Waals surface area contributed by atoms with Crippen molar-refractivity contribution in [2.75, 3.05) is 26.3 Å². The van der Waals surface area contributed by atoms with E-state index in [0.29, 0.717) is 6.61 Å². The summed E-state index contributed by atoms with van der Waals surface area (Å²) in [6.45, 7) is 0.731. The van der Waals surface area contributed by atoms with Crippen LogP contribution in [0.2, 0.25) is 0 Å². The molecule has 0 bridgehead atoms. The first kappa shape index (κ1) is 14.6. The van der Waals surface area contributed by atoms with Gasteiger partial charge >= 0.3 is 12.3 Å². The molecule has 0 aromatic heterocycles. The number of halogens is 4. The molecule has 0 aliphatic carbocycles. The lowest BCUT2D eigenvalue weighted by Crippen LogP contribution is -2.42. The van der Waals surface area contributed by atoms with Gasteiger partial charge in [-0.15, -0.1) is 0 Å². The Morgan fingerprint density at radius 1 is 1.40 bits per heavy atom. The van der Waals surface area contributed by atoms with Crippen LogP contribution in [0.4, 0.5) is 17.6 Å². The number of nitrogens with one attached hydrogen (secondary N) is 1. The number of aliphatic hydroxyl groups excluding tert-OH is 1. The predicted molar refractivity (Wildman–Crippen MR) is 46.3 cm³/mol. The maximum Gasteiger partial charge on any atom is 0.319 e. The Hall–Kier alpha value is -0.400. The quantitative estimate of drug-likeness (QED) is 0.611. The number of hydrogen-bond acceptors (Lipinski definition) is 3. The van der Waals surface area contributed by atoms with Crippen molar-refractivity contribution in [3.05, 3.63) is 0 Å². The van der Waals surface area contributed by atoms with E-state index in [1.165, 1.54) is 0 Å². The summed E-state index contributed by atoms with van der Waals surface area (Å²) in [5.74, 6) is -4.06. The zero-order chi connectivity index (χ0) is 11.9. The number of hydrogen-bond donors (Lipinski definition) is 2. The molecule has 0 saturated heterocycles. The van der Waals surface area contributed by atoms with Gasteiger partial charge in [-0.25, -0.2) is 8.78 Å². The highest BCUT2D eigenvalue weighted by Gasteiger charge is 2.40. The van der Waals surface area contributed by atoms with Gasteiger partial charge in [0.15, 0.2) is 0 Å². The van der Waals surface area contributed by atoms with Gasteiger partial charge in [0.05, 0.1) is 19.3 Å². The molecule has 1 atom stereocenters. The van der Waals surface area contributed by atoms with Crippen LogP contribution in [0.15, 0.2) is 0 Å². The molecule has 15 heavy (non-hydrogen) atoms. The minimum Gasteiger partial charge on any atom is -0.389 e. The maximum absolute atomic E-state index is 12.3. The lowest BCUT2D eigenvalue weighted by Gasteiger charge is -2.17. The van der Waals surface area contributed by atoms with E-state index >= 15 is 0 Å². The molecule has 0 aromatic carbocycles. The maximum atomic E-state index is 12.3. The van der Waals surface area contributed by atoms with Gasteiger partial charge in [0.1, 0.15) is 0 Å². The zero-order valence-corrected chi connectivity index (χ0v) is 8.35. The number of alkyl halides is 4. The normalized spacial score (nSPS) is 14.6. The molecule has 0 radical (unpaired) electrons. The third kappa shape index (κ3) is 6.64. The summed E-state index contributed by atoms with van der Waals surface area (Å²) in [7, 11) is 0. The number of ether oxygens (including phenoxy) is 1. The largest absolute Gasteiger partial charge is 0.389 e. The lowest BCUT2D eigenvalue weighted by molar-refractivity contribution is -0.126. The van der Waals surface area contributed by atoms with Crippen LogP contribution in [0.3, 0.4) is 0 Å². The van der Waals surface area contributed by atoms with Crippen LogP contribution in [-0.2, 0) is 4.74 Å². The van der Waals surface area contributed by atoms with Crippen LogP contribution in [0.1, 0.15) is 6.92 Å². The first-order chi connectivity index (χ1) is 6.90. The summed E-state index contributed by atoms with van der Waals surface area (Å²) >= 11 is 0. The first-order valence-corrected chi connectivity index (χ1v) is 4.52. The van der Waals surface area contributed by atoms with Crippen LogP contribution in [0, 0.1) is 0 Å². The molecule has 92 valence electrons. The minimum atomic E-state index is -4.06. The number of rotatable bonds is 8. The molecule has 0 heterocycles. The molecule has 0 aliphatic heterocycles. The van der Waals surface area contributed by atoms with Gasteiger partial charge in [0.2, 0.25) is 0 Å². The van der Waals surface area contributed by atoms with Crippen molar-refractivity contribution < 1.29 is 27.4 Å². The van der Waals surface area contributed by atoms with E-state index in [2.05, 4.69) is 5.32 Å². The highest BCUT2D eigenvalue weighted by Crippen LogP contribution is 2.21. The average Bonchev–Trinajstić information content (AvgIpc) is 2.14. The van der Waals surface area contributed by atoms with E-state index in [1.807, 2.05) is 0 Å². The van der Waals surface area contributed by atoms with Crippen LogP contribution < -0.4 is 5.32 Å². The van der Waals surface area contributed by atoms with Crippen LogP contribution >= 0.6 is 0 Å². The molecule has 3 nitrogen and oxygen atoms in total. The molecule has 0 aromatic rings. The summed E-state index contributed by atoms with van der Waals surface area (Å²) < 4.78 is 52.8. The molecule has 1 unspecified atom stereocenters. The van der Waals surface area contributed by atoms with Gasteiger partial charge in [-0.05, 0) is 6.92 Å². The summed E-state index contributed by atoms with van der Waals surface area (Å²) in [6, 6.07) is 0. The molecule has 0 spiro atoms. The van der Waals surface area contributed by atoms with Crippen LogP contribution in [0.25, 0.3) is 0 Å². The van der Waals surface area contributed by atoms with Gasteiger partial charge in [-0.2, -0.15) is 8.78 Å². The fraction of sp³-hybridized carbons (Fsp3) is 1.00. The Morgan fingerprint density at radius 2 is 2.00 bits per heavy atom. The standard InChI is InChI=1S/C8H15F4NO2/c1-2-15-4-6(14)3-13-5-8(11,12)7(9)10/h6-7,13-14H,2-5H2,1H3. The molecule has 0 amide bonds. The Bertz CT molecular complexity index is 169. The molecule has 0 saturated carbocycles. The van der Waals surface area contributed by atoms with Crippen molar-refractivity contribution >= 4 is 0 Å². The average molecular weight is 233 g/mol. The van der Waals surface area contributed by atoms with Crippen molar-refractivity contribution in [1.82, 2.24) is 5.32 Å². The molecule has 0 aliphatic rings. The van der Waals surface area contributed by atoms with E-state index < -0.39 is 25.0 Å². The molecule has 0 fully saturated rings. The predicted octanol–water partition coefficient (Wildman–Crippen LogP) is 0.874. The third-order valence-corrected chi connectivity index (χ3v) is 1.57. The van der Waals surface area contributed by atoms with E-state index in [4.69, 9.17) is 9.84 Å². The van der Waals surface area contributed by atoms with Gasteiger partial charge in [-0.1, -0.05) is 0 Å². The van der Waals surface area contributed by atoms with Gasteiger partial charge < -0.3 is 15.2 Å². The highest BCUT2D eigenvalue weighted by atomic mass is 19.3. The fourth-order valence-corrected chi connectivity index (χ4v) is 0.795.